The van der Waals surface area contributed by atoms with Gasteiger partial charge >= 0.3 is 0 Å². The lowest BCUT2D eigenvalue weighted by atomic mass is 9.94. The number of hydrogen-bond acceptors (Lipinski definition) is 5. The Morgan fingerprint density at radius 1 is 1.43 bits per heavy atom. The molecule has 0 unspecified atom stereocenters. The number of carbonyl (C=O) groups is 1. The first-order valence-corrected chi connectivity index (χ1v) is 7.35. The van der Waals surface area contributed by atoms with Gasteiger partial charge < -0.3 is 20.8 Å². The molecule has 21 heavy (non-hydrogen) atoms. The van der Waals surface area contributed by atoms with Crippen LogP contribution in [0.2, 0.25) is 0 Å². The second-order valence-electron chi connectivity index (χ2n) is 5.31. The molecule has 0 aromatic carbocycles. The number of nitrogens with one attached hydrogen (secondary N) is 2. The fourth-order valence-electron chi connectivity index (χ4n) is 2.34. The van der Waals surface area contributed by atoms with Crippen molar-refractivity contribution in [2.75, 3.05) is 13.2 Å². The van der Waals surface area contributed by atoms with Crippen LogP contribution in [-0.2, 0) is 4.74 Å². The number of ether oxygens (including phenoxy) is 1. The van der Waals surface area contributed by atoms with Crippen LogP contribution in [0.15, 0.2) is 17.2 Å². The van der Waals surface area contributed by atoms with Gasteiger partial charge in [0.25, 0.3) is 11.5 Å². The Morgan fingerprint density at radius 3 is 2.86 bits per heavy atom. The number of hydrogen-bond donors (Lipinski definition) is 3. The summed E-state index contributed by atoms with van der Waals surface area (Å²) in [6.07, 6.45) is 7.55. The highest BCUT2D eigenvalue weighted by atomic mass is 16.5. The lowest BCUT2D eigenvalue weighted by Crippen LogP contribution is -2.31. The third-order valence-electron chi connectivity index (χ3n) is 3.58. The number of rotatable bonds is 6. The minimum Gasteiger partial charge on any atom is -0.378 e. The maximum Gasteiger partial charge on any atom is 0.271 e. The van der Waals surface area contributed by atoms with Crippen molar-refractivity contribution in [3.05, 3.63) is 28.4 Å². The van der Waals surface area contributed by atoms with E-state index < -0.39 is 0 Å². The molecule has 0 spiro atoms. The first kappa shape index (κ1) is 15.7. The number of carbonyl (C=O) groups excluding carboxylic acids is 1. The van der Waals surface area contributed by atoms with Crippen LogP contribution < -0.4 is 16.6 Å². The minimum atomic E-state index is -0.327. The fourth-order valence-corrected chi connectivity index (χ4v) is 2.34. The number of aromatic nitrogens is 2. The second-order valence-corrected chi connectivity index (χ2v) is 5.31. The highest BCUT2D eigenvalue weighted by molar-refractivity contribution is 5.91. The molecule has 0 radical (unpaired) electrons. The number of nitrogens with two attached hydrogens (primary N) is 1. The molecule has 1 aliphatic carbocycles. The van der Waals surface area contributed by atoms with E-state index in [2.05, 4.69) is 15.3 Å². The van der Waals surface area contributed by atoms with E-state index in [0.717, 1.165) is 38.3 Å². The first-order chi connectivity index (χ1) is 10.1. The van der Waals surface area contributed by atoms with Gasteiger partial charge in [0.05, 0.1) is 12.3 Å². The third-order valence-corrected chi connectivity index (χ3v) is 3.58. The summed E-state index contributed by atoms with van der Waals surface area (Å²) < 4.78 is 5.76. The zero-order chi connectivity index (χ0) is 15.1. The molecule has 4 N–H and O–H groups in total. The second kappa shape index (κ2) is 7.90. The van der Waals surface area contributed by atoms with Gasteiger partial charge in [-0.2, -0.15) is 0 Å². The third kappa shape index (κ3) is 5.28. The summed E-state index contributed by atoms with van der Waals surface area (Å²) in [6, 6.07) is 0.328. The molecule has 1 saturated carbocycles. The minimum absolute atomic E-state index is 0.205. The van der Waals surface area contributed by atoms with Gasteiger partial charge in [0, 0.05) is 25.4 Å². The number of amides is 1. The van der Waals surface area contributed by atoms with E-state index in [1.54, 1.807) is 0 Å². The molecule has 0 atom stereocenters. The Labute approximate surface area is 123 Å². The van der Waals surface area contributed by atoms with Crippen LogP contribution in [0.25, 0.3) is 0 Å². The van der Waals surface area contributed by atoms with Gasteiger partial charge in [-0.05, 0) is 32.1 Å². The molecular weight excluding hydrogens is 272 g/mol. The molecular formula is C14H22N4O3. The highest BCUT2D eigenvalue weighted by Gasteiger charge is 2.18. The van der Waals surface area contributed by atoms with Gasteiger partial charge in [-0.3, -0.25) is 9.59 Å². The van der Waals surface area contributed by atoms with Crippen LogP contribution in [-0.4, -0.2) is 41.2 Å². The van der Waals surface area contributed by atoms with Crippen LogP contribution >= 0.6 is 0 Å². The molecule has 0 saturated heterocycles. The molecule has 1 heterocycles. The van der Waals surface area contributed by atoms with E-state index in [-0.39, 0.29) is 17.2 Å². The SMILES string of the molecule is NC1CCC(OCCCNC(=O)c2c[nH]c(=O)cn2)CC1. The molecule has 7 heteroatoms. The molecule has 0 aliphatic heterocycles. The van der Waals surface area contributed by atoms with E-state index in [1.165, 1.54) is 6.20 Å². The predicted octanol–water partition coefficient (Wildman–Crippen LogP) is 0.176. The number of H-pyrrole nitrogens is 1. The van der Waals surface area contributed by atoms with E-state index in [9.17, 15) is 9.59 Å². The van der Waals surface area contributed by atoms with Crippen LogP contribution in [0.3, 0.4) is 0 Å². The van der Waals surface area contributed by atoms with Crippen molar-refractivity contribution >= 4 is 5.91 Å². The predicted molar refractivity (Wildman–Crippen MR) is 78.0 cm³/mol. The van der Waals surface area contributed by atoms with Gasteiger partial charge in [-0.1, -0.05) is 0 Å². The zero-order valence-corrected chi connectivity index (χ0v) is 12.0. The maximum absolute atomic E-state index is 11.7. The van der Waals surface area contributed by atoms with Crippen LogP contribution in [0, 0.1) is 0 Å². The zero-order valence-electron chi connectivity index (χ0n) is 12.0. The number of aromatic amines is 1. The van der Waals surface area contributed by atoms with E-state index in [4.69, 9.17) is 10.5 Å². The van der Waals surface area contributed by atoms with Gasteiger partial charge in [0.2, 0.25) is 0 Å². The Hall–Kier alpha value is -1.73. The van der Waals surface area contributed by atoms with Crippen molar-refractivity contribution in [1.82, 2.24) is 15.3 Å². The van der Waals surface area contributed by atoms with Gasteiger partial charge in [0.15, 0.2) is 0 Å². The van der Waals surface area contributed by atoms with Gasteiger partial charge in [-0.25, -0.2) is 4.98 Å². The van der Waals surface area contributed by atoms with E-state index in [1.807, 2.05) is 0 Å². The average molecular weight is 294 g/mol. The van der Waals surface area contributed by atoms with Crippen molar-refractivity contribution in [2.45, 2.75) is 44.2 Å². The molecule has 1 aromatic rings. The summed E-state index contributed by atoms with van der Waals surface area (Å²) in [5, 5.41) is 2.74. The molecule has 7 nitrogen and oxygen atoms in total. The first-order valence-electron chi connectivity index (χ1n) is 7.35. The van der Waals surface area contributed by atoms with Crippen molar-refractivity contribution in [3.8, 4) is 0 Å². The lowest BCUT2D eigenvalue weighted by molar-refractivity contribution is 0.0241. The molecule has 2 rings (SSSR count). The van der Waals surface area contributed by atoms with E-state index in [0.29, 0.717) is 25.3 Å². The summed E-state index contributed by atoms with van der Waals surface area (Å²) in [5.74, 6) is -0.296. The van der Waals surface area contributed by atoms with Crippen LogP contribution in [0.1, 0.15) is 42.6 Å². The Balaban J connectivity index is 1.58. The Kier molecular flexibility index (Phi) is 5.89. The summed E-state index contributed by atoms with van der Waals surface area (Å²) in [5.41, 5.74) is 5.72. The topological polar surface area (TPSA) is 110 Å². The molecule has 1 aliphatic rings. The quantitative estimate of drug-likeness (QED) is 0.648. The monoisotopic (exact) mass is 294 g/mol. The van der Waals surface area contributed by atoms with Gasteiger partial charge in [-0.15, -0.1) is 0 Å². The summed E-state index contributed by atoms with van der Waals surface area (Å²) >= 11 is 0. The smallest absolute Gasteiger partial charge is 0.271 e. The molecule has 0 bridgehead atoms. The Morgan fingerprint density at radius 2 is 2.19 bits per heavy atom. The summed E-state index contributed by atoms with van der Waals surface area (Å²) in [6.45, 7) is 1.14. The molecule has 1 amide bonds. The largest absolute Gasteiger partial charge is 0.378 e. The summed E-state index contributed by atoms with van der Waals surface area (Å²) in [4.78, 5) is 28.7. The summed E-state index contributed by atoms with van der Waals surface area (Å²) in [7, 11) is 0. The molecule has 1 aromatic heterocycles. The van der Waals surface area contributed by atoms with Crippen LogP contribution in [0.5, 0.6) is 0 Å². The van der Waals surface area contributed by atoms with Gasteiger partial charge in [0.1, 0.15) is 5.69 Å². The van der Waals surface area contributed by atoms with Crippen LogP contribution in [0.4, 0.5) is 0 Å². The number of nitrogens with zero attached hydrogens (tertiary/aromatic N) is 1. The van der Waals surface area contributed by atoms with Crippen molar-refractivity contribution in [3.63, 3.8) is 0 Å². The van der Waals surface area contributed by atoms with E-state index >= 15 is 0 Å². The van der Waals surface area contributed by atoms with Crippen molar-refractivity contribution in [1.29, 1.82) is 0 Å². The average Bonchev–Trinajstić information content (AvgIpc) is 2.49. The normalized spacial score (nSPS) is 22.0. The fraction of sp³-hybridized carbons (Fsp3) is 0.643. The van der Waals surface area contributed by atoms with Crippen molar-refractivity contribution in [2.24, 2.45) is 5.73 Å². The Bertz CT molecular complexity index is 489. The van der Waals surface area contributed by atoms with Crippen molar-refractivity contribution < 1.29 is 9.53 Å². The maximum atomic E-state index is 11.7. The molecule has 116 valence electrons. The molecule has 1 fully saturated rings. The lowest BCUT2D eigenvalue weighted by Gasteiger charge is -2.26. The standard InChI is InChI=1S/C14H22N4O3/c15-10-2-4-11(5-3-10)21-7-1-6-16-14(20)12-8-18-13(19)9-17-12/h8-11H,1-7,15H2,(H,16,20)(H,18,19). The highest BCUT2D eigenvalue weighted by Crippen LogP contribution is 2.19.